The number of aliphatic hydroxyl groups is 1. The Bertz CT molecular complexity index is 178. The van der Waals surface area contributed by atoms with Crippen LogP contribution in [-0.4, -0.2) is 12.2 Å². The Morgan fingerprint density at radius 3 is 1.47 bits per heavy atom. The van der Waals surface area contributed by atoms with Gasteiger partial charge in [-0.2, -0.15) is 0 Å². The number of hydrogen-bond acceptors (Lipinski definition) is 1. The molecule has 1 heteroatoms. The molecule has 1 rings (SSSR count). The second-order valence-corrected chi connectivity index (χ2v) is 3.36. The van der Waals surface area contributed by atoms with Crippen molar-refractivity contribution in [2.75, 3.05) is 7.11 Å². The summed E-state index contributed by atoms with van der Waals surface area (Å²) in [6.07, 6.45) is 5.54. The molecule has 0 saturated carbocycles. The maximum absolute atomic E-state index is 7.00. The van der Waals surface area contributed by atoms with Gasteiger partial charge in [0.2, 0.25) is 0 Å². The summed E-state index contributed by atoms with van der Waals surface area (Å²) < 4.78 is 0. The Balaban J connectivity index is 0. The lowest BCUT2D eigenvalue weighted by Gasteiger charge is -1.86. The summed E-state index contributed by atoms with van der Waals surface area (Å²) >= 11 is 0. The van der Waals surface area contributed by atoms with E-state index in [1.54, 1.807) is 0 Å². The quantitative estimate of drug-likeness (QED) is 0.742. The van der Waals surface area contributed by atoms with Crippen LogP contribution in [0.4, 0.5) is 0 Å². The first kappa shape index (κ1) is 16.6. The van der Waals surface area contributed by atoms with Crippen molar-refractivity contribution in [3.63, 3.8) is 0 Å². The largest absolute Gasteiger partial charge is 0.400 e. The molecule has 1 aromatic rings. The molecule has 0 fully saturated rings. The Hall–Kier alpha value is -0.820. The topological polar surface area (TPSA) is 20.2 Å². The highest BCUT2D eigenvalue weighted by Gasteiger charge is 1.75. The SMILES string of the molecule is CCCCCC.CO.Cc1ccccc1. The van der Waals surface area contributed by atoms with E-state index in [4.69, 9.17) is 5.11 Å². The standard InChI is InChI=1S/C7H8.C6H14.CH4O/c1-7-5-3-2-4-6-7;1-3-5-6-4-2;1-2/h2-6H,1H3;3-6H2,1-2H3;2H,1H3. The van der Waals surface area contributed by atoms with Gasteiger partial charge in [0.05, 0.1) is 0 Å². The maximum atomic E-state index is 7.00. The highest BCUT2D eigenvalue weighted by molar-refractivity contribution is 5.11. The Labute approximate surface area is 95.2 Å². The van der Waals surface area contributed by atoms with Crippen molar-refractivity contribution < 1.29 is 5.11 Å². The third-order valence-electron chi connectivity index (χ3n) is 1.90. The van der Waals surface area contributed by atoms with E-state index < -0.39 is 0 Å². The molecule has 0 saturated heterocycles. The van der Waals surface area contributed by atoms with Crippen LogP contribution in [0.25, 0.3) is 0 Å². The van der Waals surface area contributed by atoms with Crippen LogP contribution in [0.5, 0.6) is 0 Å². The highest BCUT2D eigenvalue weighted by atomic mass is 16.2. The van der Waals surface area contributed by atoms with Crippen molar-refractivity contribution in [2.24, 2.45) is 0 Å². The minimum atomic E-state index is 1.00. The lowest BCUT2D eigenvalue weighted by atomic mass is 10.2. The average Bonchev–Trinajstić information content (AvgIpc) is 2.31. The summed E-state index contributed by atoms with van der Waals surface area (Å²) in [7, 11) is 1.00. The van der Waals surface area contributed by atoms with E-state index in [1.807, 2.05) is 18.2 Å². The van der Waals surface area contributed by atoms with Gasteiger partial charge in [-0.05, 0) is 6.92 Å². The molecule has 1 nitrogen and oxygen atoms in total. The van der Waals surface area contributed by atoms with Crippen LogP contribution in [-0.2, 0) is 0 Å². The van der Waals surface area contributed by atoms with Crippen molar-refractivity contribution in [2.45, 2.75) is 46.5 Å². The van der Waals surface area contributed by atoms with Gasteiger partial charge in [0, 0.05) is 7.11 Å². The minimum Gasteiger partial charge on any atom is -0.400 e. The first-order valence-electron chi connectivity index (χ1n) is 5.77. The minimum absolute atomic E-state index is 1.00. The van der Waals surface area contributed by atoms with Crippen molar-refractivity contribution in [1.29, 1.82) is 0 Å². The summed E-state index contributed by atoms with van der Waals surface area (Å²) in [5, 5.41) is 7.00. The lowest BCUT2D eigenvalue weighted by Crippen LogP contribution is -1.66. The summed E-state index contributed by atoms with van der Waals surface area (Å²) in [4.78, 5) is 0. The molecule has 0 spiro atoms. The van der Waals surface area contributed by atoms with Gasteiger partial charge >= 0.3 is 0 Å². The van der Waals surface area contributed by atoms with E-state index in [1.165, 1.54) is 31.2 Å². The van der Waals surface area contributed by atoms with Crippen molar-refractivity contribution in [3.8, 4) is 0 Å². The van der Waals surface area contributed by atoms with Crippen LogP contribution in [0.15, 0.2) is 30.3 Å². The van der Waals surface area contributed by atoms with Crippen LogP contribution in [0.1, 0.15) is 45.1 Å². The highest BCUT2D eigenvalue weighted by Crippen LogP contribution is 1.95. The van der Waals surface area contributed by atoms with Gasteiger partial charge in [0.1, 0.15) is 0 Å². The van der Waals surface area contributed by atoms with Gasteiger partial charge in [0.15, 0.2) is 0 Å². The van der Waals surface area contributed by atoms with Crippen LogP contribution in [0.3, 0.4) is 0 Å². The molecule has 0 atom stereocenters. The van der Waals surface area contributed by atoms with Gasteiger partial charge in [-0.1, -0.05) is 75.4 Å². The van der Waals surface area contributed by atoms with E-state index in [0.29, 0.717) is 0 Å². The molecular weight excluding hydrogens is 184 g/mol. The van der Waals surface area contributed by atoms with Gasteiger partial charge in [-0.25, -0.2) is 0 Å². The molecular formula is C14H26O. The smallest absolute Gasteiger partial charge is 0.0319 e. The zero-order valence-electron chi connectivity index (χ0n) is 10.7. The van der Waals surface area contributed by atoms with E-state index in [9.17, 15) is 0 Å². The zero-order valence-corrected chi connectivity index (χ0v) is 10.7. The second kappa shape index (κ2) is 15.6. The van der Waals surface area contributed by atoms with Crippen LogP contribution in [0, 0.1) is 6.92 Å². The Morgan fingerprint density at radius 1 is 0.867 bits per heavy atom. The predicted octanol–water partition coefficient (Wildman–Crippen LogP) is 4.19. The molecule has 0 bridgehead atoms. The molecule has 1 aromatic carbocycles. The molecule has 0 unspecified atom stereocenters. The van der Waals surface area contributed by atoms with Crippen molar-refractivity contribution in [3.05, 3.63) is 35.9 Å². The fourth-order valence-electron chi connectivity index (χ4n) is 1.03. The van der Waals surface area contributed by atoms with E-state index in [2.05, 4.69) is 32.9 Å². The van der Waals surface area contributed by atoms with Crippen LogP contribution < -0.4 is 0 Å². The van der Waals surface area contributed by atoms with E-state index in [-0.39, 0.29) is 0 Å². The first-order valence-corrected chi connectivity index (χ1v) is 5.77. The van der Waals surface area contributed by atoms with Gasteiger partial charge in [-0.15, -0.1) is 0 Å². The monoisotopic (exact) mass is 210 g/mol. The van der Waals surface area contributed by atoms with Gasteiger partial charge in [-0.3, -0.25) is 0 Å². The normalized spacial score (nSPS) is 8.07. The second-order valence-electron chi connectivity index (χ2n) is 3.36. The molecule has 0 aliphatic rings. The maximum Gasteiger partial charge on any atom is 0.0319 e. The molecule has 0 aromatic heterocycles. The Morgan fingerprint density at radius 2 is 1.27 bits per heavy atom. The molecule has 0 heterocycles. The van der Waals surface area contributed by atoms with Crippen LogP contribution >= 0.6 is 0 Å². The average molecular weight is 210 g/mol. The van der Waals surface area contributed by atoms with Crippen molar-refractivity contribution >= 4 is 0 Å². The van der Waals surface area contributed by atoms with E-state index in [0.717, 1.165) is 7.11 Å². The number of benzene rings is 1. The molecule has 0 amide bonds. The fourth-order valence-corrected chi connectivity index (χ4v) is 1.03. The third kappa shape index (κ3) is 15.9. The lowest BCUT2D eigenvalue weighted by molar-refractivity contribution is 0.399. The molecule has 0 radical (unpaired) electrons. The van der Waals surface area contributed by atoms with Gasteiger partial charge < -0.3 is 5.11 Å². The number of unbranched alkanes of at least 4 members (excludes halogenated alkanes) is 3. The predicted molar refractivity (Wildman–Crippen MR) is 69.1 cm³/mol. The molecule has 88 valence electrons. The summed E-state index contributed by atoms with van der Waals surface area (Å²) in [6, 6.07) is 10.3. The number of aliphatic hydroxyl groups excluding tert-OH is 1. The number of aryl methyl sites for hydroxylation is 1. The van der Waals surface area contributed by atoms with E-state index >= 15 is 0 Å². The summed E-state index contributed by atoms with van der Waals surface area (Å²) in [5.41, 5.74) is 1.32. The molecule has 0 aliphatic heterocycles. The molecule has 1 N–H and O–H groups in total. The van der Waals surface area contributed by atoms with Crippen LogP contribution in [0.2, 0.25) is 0 Å². The van der Waals surface area contributed by atoms with Gasteiger partial charge in [0.25, 0.3) is 0 Å². The number of rotatable bonds is 3. The fraction of sp³-hybridized carbons (Fsp3) is 0.571. The molecule has 15 heavy (non-hydrogen) atoms. The molecule has 0 aliphatic carbocycles. The Kier molecular flexibility index (Phi) is 17.3. The zero-order chi connectivity index (χ0) is 11.9. The first-order chi connectivity index (χ1) is 7.31. The third-order valence-corrected chi connectivity index (χ3v) is 1.90. The summed E-state index contributed by atoms with van der Waals surface area (Å²) in [6.45, 7) is 6.55. The number of hydrogen-bond donors (Lipinski definition) is 1. The van der Waals surface area contributed by atoms with Crippen molar-refractivity contribution in [1.82, 2.24) is 0 Å². The summed E-state index contributed by atoms with van der Waals surface area (Å²) in [5.74, 6) is 0.